The zero-order chi connectivity index (χ0) is 26.2. The van der Waals surface area contributed by atoms with Crippen molar-refractivity contribution in [3.63, 3.8) is 0 Å². The van der Waals surface area contributed by atoms with Crippen molar-refractivity contribution < 1.29 is 14.4 Å². The van der Waals surface area contributed by atoms with E-state index in [0.717, 1.165) is 0 Å². The fourth-order valence-electron chi connectivity index (χ4n) is 3.97. The van der Waals surface area contributed by atoms with E-state index in [0.29, 0.717) is 16.7 Å². The molecular weight excluding hydrogens is 476 g/mol. The van der Waals surface area contributed by atoms with Crippen LogP contribution in [0.2, 0.25) is 0 Å². The number of ketones is 3. The van der Waals surface area contributed by atoms with Gasteiger partial charge in [0.05, 0.1) is 0 Å². The predicted molar refractivity (Wildman–Crippen MR) is 150 cm³/mol. The molecule has 0 spiro atoms. The summed E-state index contributed by atoms with van der Waals surface area (Å²) < 4.78 is 0. The molecule has 0 saturated heterocycles. The highest BCUT2D eigenvalue weighted by atomic mass is 32.1. The van der Waals surface area contributed by atoms with Gasteiger partial charge in [-0.2, -0.15) is 0 Å². The van der Waals surface area contributed by atoms with Crippen molar-refractivity contribution in [1.82, 2.24) is 0 Å². The smallest absolute Gasteiger partial charge is 0.194 e. The van der Waals surface area contributed by atoms with Crippen LogP contribution in [0.25, 0.3) is 0 Å². The maximum atomic E-state index is 13.5. The topological polar surface area (TPSA) is 51.2 Å². The quantitative estimate of drug-likeness (QED) is 0.223. The van der Waals surface area contributed by atoms with E-state index in [9.17, 15) is 14.4 Å². The number of hydrogen-bond donors (Lipinski definition) is 0. The zero-order valence-corrected chi connectivity index (χ0v) is 21.5. The van der Waals surface area contributed by atoms with Gasteiger partial charge >= 0.3 is 0 Å². The summed E-state index contributed by atoms with van der Waals surface area (Å²) in [4.78, 5) is 41.4. The maximum Gasteiger partial charge on any atom is 0.194 e. The zero-order valence-electron chi connectivity index (χ0n) is 20.7. The molecule has 0 fully saturated rings. The van der Waals surface area contributed by atoms with Crippen molar-refractivity contribution >= 4 is 28.7 Å². The number of thiophene rings is 1. The van der Waals surface area contributed by atoms with Crippen molar-refractivity contribution in [2.75, 3.05) is 0 Å². The minimum absolute atomic E-state index is 0.131. The summed E-state index contributed by atoms with van der Waals surface area (Å²) >= 11 is 1.80. The lowest BCUT2D eigenvalue weighted by Crippen LogP contribution is -2.17. The molecule has 3 nitrogen and oxygen atoms in total. The second-order valence-electron chi connectivity index (χ2n) is 8.55. The van der Waals surface area contributed by atoms with Gasteiger partial charge in [0, 0.05) is 38.3 Å². The molecule has 0 N–H and O–H groups in total. The molecule has 4 aromatic carbocycles. The van der Waals surface area contributed by atoms with E-state index in [1.807, 2.05) is 18.2 Å². The average molecular weight is 503 g/mol. The molecule has 0 amide bonds. The first-order chi connectivity index (χ1) is 18.0. The van der Waals surface area contributed by atoms with Crippen molar-refractivity contribution in [3.8, 4) is 0 Å². The van der Waals surface area contributed by atoms with Crippen molar-refractivity contribution in [3.05, 3.63) is 164 Å². The first kappa shape index (κ1) is 25.7. The van der Waals surface area contributed by atoms with Crippen LogP contribution < -0.4 is 0 Å². The van der Waals surface area contributed by atoms with Crippen LogP contribution in [0.3, 0.4) is 0 Å². The van der Waals surface area contributed by atoms with Gasteiger partial charge in [-0.05, 0) is 30.9 Å². The minimum atomic E-state index is -0.352. The molecule has 0 saturated carbocycles. The number of carbonyl (C=O) groups is 3. The molecule has 0 aliphatic rings. The third-order valence-electron chi connectivity index (χ3n) is 5.75. The number of benzene rings is 4. The molecule has 5 rings (SSSR count). The molecule has 0 radical (unpaired) electrons. The van der Waals surface area contributed by atoms with Crippen molar-refractivity contribution in [1.29, 1.82) is 0 Å². The number of aryl methyl sites for hydroxylation is 2. The molecule has 0 bridgehead atoms. The van der Waals surface area contributed by atoms with E-state index in [4.69, 9.17) is 0 Å². The van der Waals surface area contributed by atoms with Crippen LogP contribution >= 0.6 is 11.3 Å². The normalized spacial score (nSPS) is 10.2. The third kappa shape index (κ3) is 6.24. The van der Waals surface area contributed by atoms with Gasteiger partial charge in [-0.25, -0.2) is 0 Å². The number of rotatable bonds is 6. The lowest BCUT2D eigenvalue weighted by atomic mass is 9.87. The van der Waals surface area contributed by atoms with Crippen LogP contribution in [0.15, 0.2) is 121 Å². The second-order valence-corrected chi connectivity index (χ2v) is 9.66. The fourth-order valence-corrected chi connectivity index (χ4v) is 4.67. The Morgan fingerprint density at radius 1 is 0.514 bits per heavy atom. The van der Waals surface area contributed by atoms with Crippen LogP contribution in [0.1, 0.15) is 58.2 Å². The Bertz CT molecular complexity index is 1430. The van der Waals surface area contributed by atoms with E-state index < -0.39 is 0 Å². The average Bonchev–Trinajstić information content (AvgIpc) is 3.35. The predicted octanol–water partition coefficient (Wildman–Crippen LogP) is 7.74. The van der Waals surface area contributed by atoms with E-state index in [1.54, 1.807) is 102 Å². The van der Waals surface area contributed by atoms with Crippen molar-refractivity contribution in [2.45, 2.75) is 13.8 Å². The summed E-state index contributed by atoms with van der Waals surface area (Å²) in [5.74, 6) is -0.940. The molecule has 0 atom stereocenters. The largest absolute Gasteiger partial charge is 0.289 e. The van der Waals surface area contributed by atoms with Gasteiger partial charge in [-0.15, -0.1) is 11.3 Å². The van der Waals surface area contributed by atoms with Gasteiger partial charge in [-0.1, -0.05) is 109 Å². The molecule has 182 valence electrons. The maximum absolute atomic E-state index is 13.5. The first-order valence-corrected chi connectivity index (χ1v) is 12.8. The highest BCUT2D eigenvalue weighted by molar-refractivity contribution is 7.10. The second kappa shape index (κ2) is 12.0. The van der Waals surface area contributed by atoms with Gasteiger partial charge in [0.15, 0.2) is 17.3 Å². The molecule has 0 unspecified atom stereocenters. The SMILES string of the molecule is Cc1csc(C)c1.O=C(c1ccccc1)c1cccc(C(=O)c2ccccc2)c1C(=O)c1ccccc1. The molecule has 1 heterocycles. The first-order valence-electron chi connectivity index (χ1n) is 11.9. The summed E-state index contributed by atoms with van der Waals surface area (Å²) in [6.45, 7) is 4.24. The minimum Gasteiger partial charge on any atom is -0.289 e. The molecule has 5 aromatic rings. The molecule has 0 aliphatic carbocycles. The molecule has 4 heteroatoms. The Hall–Kier alpha value is -4.41. The summed E-state index contributed by atoms with van der Waals surface area (Å²) in [6.07, 6.45) is 0. The molecular formula is C33H26O3S. The monoisotopic (exact) mass is 502 g/mol. The van der Waals surface area contributed by atoms with E-state index in [-0.39, 0.29) is 34.0 Å². The van der Waals surface area contributed by atoms with Crippen LogP contribution in [0, 0.1) is 13.8 Å². The fraction of sp³-hybridized carbons (Fsp3) is 0.0606. The number of hydrogen-bond acceptors (Lipinski definition) is 4. The van der Waals surface area contributed by atoms with E-state index >= 15 is 0 Å². The van der Waals surface area contributed by atoms with Gasteiger partial charge in [0.25, 0.3) is 0 Å². The third-order valence-corrected chi connectivity index (χ3v) is 6.73. The van der Waals surface area contributed by atoms with Gasteiger partial charge < -0.3 is 0 Å². The van der Waals surface area contributed by atoms with E-state index in [2.05, 4.69) is 25.3 Å². The van der Waals surface area contributed by atoms with Crippen LogP contribution in [-0.4, -0.2) is 17.3 Å². The summed E-state index contributed by atoms with van der Waals surface area (Å²) in [6, 6.07) is 33.3. The standard InChI is InChI=1S/C27H18O3.C6H8S/c28-25(19-11-4-1-5-12-19)22-17-10-18-23(26(29)20-13-6-2-7-14-20)24(22)27(30)21-15-8-3-9-16-21;1-5-3-6(2)7-4-5/h1-18H;3-4H,1-2H3. The van der Waals surface area contributed by atoms with Crippen LogP contribution in [0.5, 0.6) is 0 Å². The lowest BCUT2D eigenvalue weighted by Gasteiger charge is -2.13. The Labute approximate surface area is 221 Å². The Morgan fingerprint density at radius 3 is 1.24 bits per heavy atom. The van der Waals surface area contributed by atoms with Crippen LogP contribution in [-0.2, 0) is 0 Å². The highest BCUT2D eigenvalue weighted by Gasteiger charge is 2.26. The lowest BCUT2D eigenvalue weighted by molar-refractivity contribution is 0.0991. The van der Waals surface area contributed by atoms with Gasteiger partial charge in [0.1, 0.15) is 0 Å². The Balaban J connectivity index is 0.000000396. The van der Waals surface area contributed by atoms with Gasteiger partial charge in [-0.3, -0.25) is 14.4 Å². The Kier molecular flexibility index (Phi) is 8.34. The Morgan fingerprint density at radius 2 is 0.919 bits per heavy atom. The number of carbonyl (C=O) groups excluding carboxylic acids is 3. The van der Waals surface area contributed by atoms with Crippen LogP contribution in [0.4, 0.5) is 0 Å². The molecule has 0 aliphatic heterocycles. The van der Waals surface area contributed by atoms with Crippen molar-refractivity contribution in [2.24, 2.45) is 0 Å². The molecule has 37 heavy (non-hydrogen) atoms. The molecule has 1 aromatic heterocycles. The van der Waals surface area contributed by atoms with Gasteiger partial charge in [0.2, 0.25) is 0 Å². The summed E-state index contributed by atoms with van der Waals surface area (Å²) in [5.41, 5.74) is 3.29. The summed E-state index contributed by atoms with van der Waals surface area (Å²) in [7, 11) is 0. The van der Waals surface area contributed by atoms with E-state index in [1.165, 1.54) is 10.4 Å². The summed E-state index contributed by atoms with van der Waals surface area (Å²) in [5, 5.41) is 2.16. The highest BCUT2D eigenvalue weighted by Crippen LogP contribution is 2.25.